The number of amides is 1. The molecule has 0 spiro atoms. The maximum atomic E-state index is 13.1. The molecule has 2 fully saturated rings. The molecule has 1 amide bonds. The number of piperidine rings is 1. The third-order valence-corrected chi connectivity index (χ3v) is 5.82. The van der Waals surface area contributed by atoms with E-state index in [2.05, 4.69) is 69.3 Å². The average molecular weight is 364 g/mol. The van der Waals surface area contributed by atoms with Crippen molar-refractivity contribution in [3.63, 3.8) is 0 Å². The zero-order valence-corrected chi connectivity index (χ0v) is 16.0. The number of hydrogen-bond donors (Lipinski definition) is 0. The molecule has 0 aromatic heterocycles. The summed E-state index contributed by atoms with van der Waals surface area (Å²) in [6, 6.07) is 21.1. The Kier molecular flexibility index (Phi) is 5.73. The van der Waals surface area contributed by atoms with Crippen molar-refractivity contribution in [1.82, 2.24) is 9.80 Å². The van der Waals surface area contributed by atoms with Crippen LogP contribution < -0.4 is 4.90 Å². The first-order valence-corrected chi connectivity index (χ1v) is 10.1. The molecule has 4 rings (SSSR count). The summed E-state index contributed by atoms with van der Waals surface area (Å²) in [5.74, 6) is 0.520. The molecule has 2 aliphatic rings. The Morgan fingerprint density at radius 1 is 0.852 bits per heavy atom. The number of nitrogens with zero attached hydrogens (tertiary/aromatic N) is 3. The lowest BCUT2D eigenvalue weighted by Gasteiger charge is -2.39. The van der Waals surface area contributed by atoms with Crippen LogP contribution in [0.15, 0.2) is 60.7 Å². The van der Waals surface area contributed by atoms with Crippen LogP contribution in [0.2, 0.25) is 0 Å². The van der Waals surface area contributed by atoms with Gasteiger partial charge < -0.3 is 9.80 Å². The molecule has 0 aliphatic carbocycles. The molecule has 0 saturated carbocycles. The van der Waals surface area contributed by atoms with Crippen molar-refractivity contribution >= 4 is 11.6 Å². The summed E-state index contributed by atoms with van der Waals surface area (Å²) < 4.78 is 0. The molecule has 2 aliphatic heterocycles. The van der Waals surface area contributed by atoms with Crippen molar-refractivity contribution in [2.45, 2.75) is 19.4 Å². The molecule has 0 bridgehead atoms. The number of rotatable bonds is 4. The largest absolute Gasteiger partial charge is 0.368 e. The number of para-hydroxylation sites is 1. The number of anilines is 1. The van der Waals surface area contributed by atoms with E-state index in [9.17, 15) is 4.79 Å². The van der Waals surface area contributed by atoms with Crippen LogP contribution in [0, 0.1) is 5.92 Å². The maximum absolute atomic E-state index is 13.1. The molecule has 2 aromatic rings. The third-order valence-electron chi connectivity index (χ3n) is 5.82. The molecular formula is C23H29N3O. The fraction of sp³-hybridized carbons (Fsp3) is 0.435. The molecule has 2 heterocycles. The van der Waals surface area contributed by atoms with Crippen molar-refractivity contribution in [1.29, 1.82) is 0 Å². The highest BCUT2D eigenvalue weighted by Crippen LogP contribution is 2.22. The van der Waals surface area contributed by atoms with Crippen molar-refractivity contribution in [2.24, 2.45) is 5.92 Å². The van der Waals surface area contributed by atoms with Crippen molar-refractivity contribution < 1.29 is 4.79 Å². The van der Waals surface area contributed by atoms with E-state index in [0.29, 0.717) is 5.91 Å². The van der Waals surface area contributed by atoms with Gasteiger partial charge in [0.1, 0.15) is 0 Å². The Morgan fingerprint density at radius 2 is 1.52 bits per heavy atom. The second kappa shape index (κ2) is 8.57. The number of benzene rings is 2. The molecular weight excluding hydrogens is 334 g/mol. The number of piperazine rings is 1. The van der Waals surface area contributed by atoms with Crippen LogP contribution >= 0.6 is 0 Å². The minimum absolute atomic E-state index is 0.158. The molecule has 27 heavy (non-hydrogen) atoms. The zero-order chi connectivity index (χ0) is 18.5. The van der Waals surface area contributed by atoms with Gasteiger partial charge in [-0.2, -0.15) is 0 Å². The summed E-state index contributed by atoms with van der Waals surface area (Å²) in [5, 5.41) is 0. The van der Waals surface area contributed by atoms with Gasteiger partial charge in [-0.25, -0.2) is 0 Å². The van der Waals surface area contributed by atoms with E-state index in [1.165, 1.54) is 11.3 Å². The first kappa shape index (κ1) is 18.1. The predicted octanol–water partition coefficient (Wildman–Crippen LogP) is 3.25. The second-order valence-corrected chi connectivity index (χ2v) is 7.71. The summed E-state index contributed by atoms with van der Waals surface area (Å²) in [6.07, 6.45) is 2.15. The summed E-state index contributed by atoms with van der Waals surface area (Å²) in [4.78, 5) is 20.0. The highest BCUT2D eigenvalue weighted by molar-refractivity contribution is 5.79. The molecule has 2 saturated heterocycles. The number of carbonyl (C=O) groups is 1. The third kappa shape index (κ3) is 4.51. The fourth-order valence-corrected chi connectivity index (χ4v) is 4.32. The van der Waals surface area contributed by atoms with Gasteiger partial charge in [-0.05, 0) is 37.1 Å². The SMILES string of the molecule is O=C([C@@H]1CCCN(Cc2ccccc2)C1)N1CCN(c2ccccc2)CC1. The number of hydrogen-bond acceptors (Lipinski definition) is 3. The fourth-order valence-electron chi connectivity index (χ4n) is 4.32. The monoisotopic (exact) mass is 363 g/mol. The van der Waals surface area contributed by atoms with Gasteiger partial charge in [-0.3, -0.25) is 9.69 Å². The quantitative estimate of drug-likeness (QED) is 0.834. The van der Waals surface area contributed by atoms with Gasteiger partial charge in [0.2, 0.25) is 5.91 Å². The van der Waals surface area contributed by atoms with E-state index in [1.54, 1.807) is 0 Å². The van der Waals surface area contributed by atoms with Gasteiger partial charge in [0.15, 0.2) is 0 Å². The normalized spacial score (nSPS) is 21.3. The van der Waals surface area contributed by atoms with Crippen LogP contribution in [0.3, 0.4) is 0 Å². The summed E-state index contributed by atoms with van der Waals surface area (Å²) >= 11 is 0. The van der Waals surface area contributed by atoms with Crippen LogP contribution in [0.1, 0.15) is 18.4 Å². The first-order valence-electron chi connectivity index (χ1n) is 10.1. The molecule has 0 N–H and O–H groups in total. The standard InChI is InChI=1S/C23H29N3O/c27-23(26-16-14-25(15-17-26)22-11-5-2-6-12-22)21-10-7-13-24(19-21)18-20-8-3-1-4-9-20/h1-6,8-9,11-12,21H,7,10,13-19H2/t21-/m1/s1. The Bertz CT molecular complexity index is 726. The minimum atomic E-state index is 0.158. The van der Waals surface area contributed by atoms with Crippen molar-refractivity contribution in [3.8, 4) is 0 Å². The van der Waals surface area contributed by atoms with Crippen molar-refractivity contribution in [2.75, 3.05) is 44.2 Å². The predicted molar refractivity (Wildman–Crippen MR) is 110 cm³/mol. The van der Waals surface area contributed by atoms with Crippen molar-refractivity contribution in [3.05, 3.63) is 66.2 Å². The number of likely N-dealkylation sites (tertiary alicyclic amines) is 1. The Balaban J connectivity index is 1.30. The van der Waals surface area contributed by atoms with Crippen LogP contribution in [0.5, 0.6) is 0 Å². The Hall–Kier alpha value is -2.33. The molecule has 2 aromatic carbocycles. The summed E-state index contributed by atoms with van der Waals surface area (Å²) in [6.45, 7) is 6.47. The van der Waals surface area contributed by atoms with Crippen LogP contribution in [0.25, 0.3) is 0 Å². The lowest BCUT2D eigenvalue weighted by atomic mass is 9.95. The van der Waals surface area contributed by atoms with Gasteiger partial charge >= 0.3 is 0 Å². The molecule has 0 unspecified atom stereocenters. The van der Waals surface area contributed by atoms with Gasteiger partial charge in [-0.1, -0.05) is 48.5 Å². The van der Waals surface area contributed by atoms with E-state index in [-0.39, 0.29) is 5.92 Å². The van der Waals surface area contributed by atoms with Gasteiger partial charge in [0, 0.05) is 45.0 Å². The zero-order valence-electron chi connectivity index (χ0n) is 16.0. The van der Waals surface area contributed by atoms with E-state index in [4.69, 9.17) is 0 Å². The summed E-state index contributed by atoms with van der Waals surface area (Å²) in [5.41, 5.74) is 2.60. The first-order chi connectivity index (χ1) is 13.3. The molecule has 142 valence electrons. The van der Waals surface area contributed by atoms with Crippen LogP contribution in [-0.2, 0) is 11.3 Å². The van der Waals surface area contributed by atoms with Crippen LogP contribution in [-0.4, -0.2) is 55.0 Å². The number of carbonyl (C=O) groups excluding carboxylic acids is 1. The smallest absolute Gasteiger partial charge is 0.227 e. The van der Waals surface area contributed by atoms with E-state index in [0.717, 1.165) is 58.7 Å². The van der Waals surface area contributed by atoms with E-state index < -0.39 is 0 Å². The van der Waals surface area contributed by atoms with E-state index >= 15 is 0 Å². The Labute approximate surface area is 162 Å². The molecule has 4 nitrogen and oxygen atoms in total. The Morgan fingerprint density at radius 3 is 2.22 bits per heavy atom. The maximum Gasteiger partial charge on any atom is 0.227 e. The van der Waals surface area contributed by atoms with Gasteiger partial charge in [0.25, 0.3) is 0 Å². The highest BCUT2D eigenvalue weighted by atomic mass is 16.2. The van der Waals surface area contributed by atoms with E-state index in [1.807, 2.05) is 6.07 Å². The lowest BCUT2D eigenvalue weighted by molar-refractivity contribution is -0.137. The molecule has 1 atom stereocenters. The summed E-state index contributed by atoms with van der Waals surface area (Å²) in [7, 11) is 0. The van der Waals surface area contributed by atoms with Crippen LogP contribution in [0.4, 0.5) is 5.69 Å². The second-order valence-electron chi connectivity index (χ2n) is 7.71. The topological polar surface area (TPSA) is 26.8 Å². The lowest BCUT2D eigenvalue weighted by Crippen LogP contribution is -2.52. The van der Waals surface area contributed by atoms with Gasteiger partial charge in [-0.15, -0.1) is 0 Å². The molecule has 0 radical (unpaired) electrons. The minimum Gasteiger partial charge on any atom is -0.368 e. The highest BCUT2D eigenvalue weighted by Gasteiger charge is 2.31. The average Bonchev–Trinajstić information content (AvgIpc) is 2.75. The molecule has 4 heteroatoms. The van der Waals surface area contributed by atoms with Gasteiger partial charge in [0.05, 0.1) is 5.92 Å².